The highest BCUT2D eigenvalue weighted by Crippen LogP contribution is 2.49. The van der Waals surface area contributed by atoms with E-state index in [0.29, 0.717) is 5.41 Å². The Morgan fingerprint density at radius 3 is 2.50 bits per heavy atom. The average Bonchev–Trinajstić information content (AvgIpc) is 2.86. The van der Waals surface area contributed by atoms with Gasteiger partial charge in [0.2, 0.25) is 0 Å². The molecule has 0 spiro atoms. The van der Waals surface area contributed by atoms with Gasteiger partial charge in [-0.05, 0) is 30.9 Å². The molecule has 0 aliphatic heterocycles. The average molecular weight is 181 g/mol. The smallest absolute Gasteiger partial charge is 0.0320 e. The van der Waals surface area contributed by atoms with Crippen molar-refractivity contribution in [2.45, 2.75) is 25.2 Å². The predicted octanol–water partition coefficient (Wildman–Crippen LogP) is 3.27. The van der Waals surface area contributed by atoms with Crippen molar-refractivity contribution in [3.8, 4) is 0 Å². The summed E-state index contributed by atoms with van der Waals surface area (Å²) in [6.45, 7) is 2.17. The van der Waals surface area contributed by atoms with Crippen molar-refractivity contribution < 1.29 is 0 Å². The summed E-state index contributed by atoms with van der Waals surface area (Å²) in [6.07, 6.45) is 2.53. The van der Waals surface area contributed by atoms with Crippen LogP contribution in [0, 0.1) is 6.92 Å². The maximum absolute atomic E-state index is 5.96. The molecule has 0 saturated heterocycles. The lowest BCUT2D eigenvalue weighted by atomic mass is 9.94. The molecule has 1 fully saturated rings. The lowest BCUT2D eigenvalue weighted by Gasteiger charge is -2.14. The quantitative estimate of drug-likeness (QED) is 0.613. The minimum absolute atomic E-state index is 0.340. The Morgan fingerprint density at radius 1 is 1.33 bits per heavy atom. The van der Waals surface area contributed by atoms with Gasteiger partial charge >= 0.3 is 0 Å². The number of aryl methyl sites for hydroxylation is 1. The number of rotatable bonds is 2. The van der Waals surface area contributed by atoms with Crippen LogP contribution in [0.25, 0.3) is 0 Å². The van der Waals surface area contributed by atoms with Crippen molar-refractivity contribution in [1.29, 1.82) is 0 Å². The minimum atomic E-state index is 0.340. The highest BCUT2D eigenvalue weighted by Gasteiger charge is 2.43. The molecular weight excluding hydrogens is 168 g/mol. The van der Waals surface area contributed by atoms with E-state index < -0.39 is 0 Å². The van der Waals surface area contributed by atoms with E-state index in [9.17, 15) is 0 Å². The SMILES string of the molecule is Cc1ccccc1C1(CCl)CC1. The first kappa shape index (κ1) is 8.12. The molecule has 1 saturated carbocycles. The van der Waals surface area contributed by atoms with Crippen molar-refractivity contribution in [1.82, 2.24) is 0 Å². The zero-order valence-corrected chi connectivity index (χ0v) is 8.06. The number of hydrogen-bond acceptors (Lipinski definition) is 0. The molecule has 0 nitrogen and oxygen atoms in total. The van der Waals surface area contributed by atoms with Gasteiger partial charge in [0.05, 0.1) is 0 Å². The van der Waals surface area contributed by atoms with Gasteiger partial charge in [-0.1, -0.05) is 24.3 Å². The van der Waals surface area contributed by atoms with Crippen LogP contribution in [0.1, 0.15) is 24.0 Å². The summed E-state index contributed by atoms with van der Waals surface area (Å²) >= 11 is 5.96. The maximum atomic E-state index is 5.96. The second kappa shape index (κ2) is 2.77. The topological polar surface area (TPSA) is 0 Å². The van der Waals surface area contributed by atoms with Gasteiger partial charge < -0.3 is 0 Å². The summed E-state index contributed by atoms with van der Waals surface area (Å²) in [5.41, 5.74) is 3.18. The Labute approximate surface area is 78.6 Å². The van der Waals surface area contributed by atoms with Gasteiger partial charge in [-0.15, -0.1) is 11.6 Å². The van der Waals surface area contributed by atoms with Gasteiger partial charge in [0.1, 0.15) is 0 Å². The molecule has 1 aliphatic rings. The zero-order valence-electron chi connectivity index (χ0n) is 7.31. The van der Waals surface area contributed by atoms with Crippen LogP contribution in [-0.2, 0) is 5.41 Å². The van der Waals surface area contributed by atoms with Crippen molar-refractivity contribution in [3.05, 3.63) is 35.4 Å². The standard InChI is InChI=1S/C11H13Cl/c1-9-4-2-3-5-10(9)11(8-12)6-7-11/h2-5H,6-8H2,1H3. The molecular formula is C11H13Cl. The van der Waals surface area contributed by atoms with Crippen LogP contribution >= 0.6 is 11.6 Å². The Balaban J connectivity index is 2.40. The van der Waals surface area contributed by atoms with Gasteiger partial charge in [0.15, 0.2) is 0 Å². The first-order valence-corrected chi connectivity index (χ1v) is 4.94. The van der Waals surface area contributed by atoms with Crippen LogP contribution in [0.5, 0.6) is 0 Å². The van der Waals surface area contributed by atoms with Crippen molar-refractivity contribution in [2.75, 3.05) is 5.88 Å². The molecule has 1 aromatic rings. The van der Waals surface area contributed by atoms with Crippen molar-refractivity contribution >= 4 is 11.6 Å². The molecule has 12 heavy (non-hydrogen) atoms. The van der Waals surface area contributed by atoms with E-state index in [1.165, 1.54) is 24.0 Å². The molecule has 0 amide bonds. The highest BCUT2D eigenvalue weighted by atomic mass is 35.5. The predicted molar refractivity (Wildman–Crippen MR) is 52.8 cm³/mol. The molecule has 0 radical (unpaired) electrons. The van der Waals surface area contributed by atoms with E-state index in [1.54, 1.807) is 0 Å². The first-order valence-electron chi connectivity index (χ1n) is 4.41. The van der Waals surface area contributed by atoms with Crippen LogP contribution in [0.15, 0.2) is 24.3 Å². The van der Waals surface area contributed by atoms with Gasteiger partial charge in [0.25, 0.3) is 0 Å². The van der Waals surface area contributed by atoms with E-state index >= 15 is 0 Å². The monoisotopic (exact) mass is 180 g/mol. The fourth-order valence-corrected chi connectivity index (χ4v) is 2.21. The molecule has 1 aliphatic carbocycles. The lowest BCUT2D eigenvalue weighted by molar-refractivity contribution is 0.788. The summed E-state index contributed by atoms with van der Waals surface area (Å²) in [6, 6.07) is 8.57. The summed E-state index contributed by atoms with van der Waals surface area (Å²) < 4.78 is 0. The Morgan fingerprint density at radius 2 is 2.00 bits per heavy atom. The van der Waals surface area contributed by atoms with Gasteiger partial charge in [-0.25, -0.2) is 0 Å². The first-order chi connectivity index (χ1) is 5.78. The second-order valence-electron chi connectivity index (χ2n) is 3.73. The third-order valence-corrected chi connectivity index (χ3v) is 3.34. The normalized spacial score (nSPS) is 19.2. The van der Waals surface area contributed by atoms with E-state index in [1.807, 2.05) is 0 Å². The number of hydrogen-bond donors (Lipinski definition) is 0. The molecule has 0 unspecified atom stereocenters. The molecule has 1 heteroatoms. The molecule has 0 N–H and O–H groups in total. The van der Waals surface area contributed by atoms with Crippen molar-refractivity contribution in [3.63, 3.8) is 0 Å². The van der Waals surface area contributed by atoms with Gasteiger partial charge in [-0.3, -0.25) is 0 Å². The Kier molecular flexibility index (Phi) is 1.88. The zero-order chi connectivity index (χ0) is 8.60. The molecule has 0 atom stereocenters. The van der Waals surface area contributed by atoms with E-state index in [2.05, 4.69) is 31.2 Å². The second-order valence-corrected chi connectivity index (χ2v) is 4.00. The lowest BCUT2D eigenvalue weighted by Crippen LogP contribution is -2.09. The molecule has 1 aromatic carbocycles. The van der Waals surface area contributed by atoms with Gasteiger partial charge in [0, 0.05) is 11.3 Å². The van der Waals surface area contributed by atoms with Crippen LogP contribution in [0.2, 0.25) is 0 Å². The molecule has 0 heterocycles. The van der Waals surface area contributed by atoms with Crippen LogP contribution in [0.3, 0.4) is 0 Å². The van der Waals surface area contributed by atoms with Gasteiger partial charge in [-0.2, -0.15) is 0 Å². The number of benzene rings is 1. The molecule has 64 valence electrons. The highest BCUT2D eigenvalue weighted by molar-refractivity contribution is 6.19. The third-order valence-electron chi connectivity index (χ3n) is 2.83. The van der Waals surface area contributed by atoms with Crippen LogP contribution in [-0.4, -0.2) is 5.88 Å². The van der Waals surface area contributed by atoms with E-state index in [0.717, 1.165) is 5.88 Å². The van der Waals surface area contributed by atoms with E-state index in [-0.39, 0.29) is 0 Å². The summed E-state index contributed by atoms with van der Waals surface area (Å²) in [5.74, 6) is 0.776. The molecule has 0 bridgehead atoms. The minimum Gasteiger partial charge on any atom is -0.126 e. The van der Waals surface area contributed by atoms with Crippen LogP contribution < -0.4 is 0 Å². The number of halogens is 1. The molecule has 0 aromatic heterocycles. The summed E-state index contributed by atoms with van der Waals surface area (Å²) in [4.78, 5) is 0. The van der Waals surface area contributed by atoms with E-state index in [4.69, 9.17) is 11.6 Å². The van der Waals surface area contributed by atoms with Crippen LogP contribution in [0.4, 0.5) is 0 Å². The largest absolute Gasteiger partial charge is 0.126 e. The Hall–Kier alpha value is -0.490. The fourth-order valence-electron chi connectivity index (χ4n) is 1.79. The fraction of sp³-hybridized carbons (Fsp3) is 0.455. The Bertz CT molecular complexity index is 287. The summed E-state index contributed by atoms with van der Waals surface area (Å²) in [7, 11) is 0. The van der Waals surface area contributed by atoms with Crippen molar-refractivity contribution in [2.24, 2.45) is 0 Å². The number of alkyl halides is 1. The summed E-state index contributed by atoms with van der Waals surface area (Å²) in [5, 5.41) is 0. The molecule has 2 rings (SSSR count). The third kappa shape index (κ3) is 1.15. The maximum Gasteiger partial charge on any atom is 0.0320 e.